The van der Waals surface area contributed by atoms with E-state index in [1.165, 1.54) is 27.5 Å². The molecule has 1 aliphatic carbocycles. The van der Waals surface area contributed by atoms with Gasteiger partial charge in [0.25, 0.3) is 0 Å². The Bertz CT molecular complexity index is 782. The highest BCUT2D eigenvalue weighted by Crippen LogP contribution is 2.38. The maximum atomic E-state index is 2.31. The summed E-state index contributed by atoms with van der Waals surface area (Å²) in [4.78, 5) is 0. The molecule has 0 nitrogen and oxygen atoms in total. The van der Waals surface area contributed by atoms with Crippen molar-refractivity contribution in [1.82, 2.24) is 0 Å². The van der Waals surface area contributed by atoms with Crippen LogP contribution in [0.5, 0.6) is 0 Å². The van der Waals surface area contributed by atoms with Crippen LogP contribution in [-0.4, -0.2) is 0 Å². The third-order valence-corrected chi connectivity index (χ3v) is 4.24. The minimum Gasteiger partial charge on any atom is -0.0830 e. The third kappa shape index (κ3) is 1.77. The summed E-state index contributed by atoms with van der Waals surface area (Å²) in [6.07, 6.45) is 5.69. The van der Waals surface area contributed by atoms with E-state index in [0.717, 1.165) is 6.42 Å². The van der Waals surface area contributed by atoms with Crippen LogP contribution in [0.15, 0.2) is 72.8 Å². The summed E-state index contributed by atoms with van der Waals surface area (Å²) >= 11 is 0. The predicted octanol–water partition coefficient (Wildman–Crippen LogP) is 5.39. The highest BCUT2D eigenvalue weighted by atomic mass is 14.2. The van der Waals surface area contributed by atoms with Crippen molar-refractivity contribution in [3.63, 3.8) is 0 Å². The summed E-state index contributed by atoms with van der Waals surface area (Å²) in [6, 6.07) is 24.0. The number of rotatable bonds is 1. The van der Waals surface area contributed by atoms with Crippen LogP contribution in [-0.2, 0) is 0 Å². The average molecular weight is 256 g/mol. The second-order valence-electron chi connectivity index (χ2n) is 5.39. The molecule has 3 aromatic rings. The fraction of sp³-hybridized carbons (Fsp3) is 0.100. The fourth-order valence-corrected chi connectivity index (χ4v) is 3.25. The van der Waals surface area contributed by atoms with Gasteiger partial charge in [0.15, 0.2) is 0 Å². The van der Waals surface area contributed by atoms with Crippen LogP contribution < -0.4 is 0 Å². The fourth-order valence-electron chi connectivity index (χ4n) is 3.25. The Morgan fingerprint density at radius 3 is 2.45 bits per heavy atom. The van der Waals surface area contributed by atoms with Gasteiger partial charge in [-0.05, 0) is 33.9 Å². The second kappa shape index (κ2) is 4.64. The lowest BCUT2D eigenvalue weighted by molar-refractivity contribution is 0.821. The van der Waals surface area contributed by atoms with Gasteiger partial charge in [0.05, 0.1) is 0 Å². The Hall–Kier alpha value is -2.34. The molecule has 0 aromatic heterocycles. The van der Waals surface area contributed by atoms with E-state index in [0.29, 0.717) is 5.92 Å². The van der Waals surface area contributed by atoms with Crippen LogP contribution >= 0.6 is 0 Å². The second-order valence-corrected chi connectivity index (χ2v) is 5.39. The molecule has 0 amide bonds. The van der Waals surface area contributed by atoms with Crippen molar-refractivity contribution in [1.29, 1.82) is 0 Å². The molecule has 1 atom stereocenters. The zero-order chi connectivity index (χ0) is 13.4. The van der Waals surface area contributed by atoms with Crippen LogP contribution in [0.25, 0.3) is 16.8 Å². The lowest BCUT2D eigenvalue weighted by atomic mass is 9.81. The van der Waals surface area contributed by atoms with Gasteiger partial charge in [0.2, 0.25) is 0 Å². The first kappa shape index (κ1) is 11.5. The van der Waals surface area contributed by atoms with E-state index in [2.05, 4.69) is 78.9 Å². The molecule has 3 aromatic carbocycles. The van der Waals surface area contributed by atoms with Crippen LogP contribution in [0.3, 0.4) is 0 Å². The van der Waals surface area contributed by atoms with Crippen LogP contribution in [0.1, 0.15) is 29.0 Å². The molecule has 0 bridgehead atoms. The number of fused-ring (bicyclic) bond motifs is 3. The molecule has 0 heteroatoms. The highest BCUT2D eigenvalue weighted by molar-refractivity contribution is 5.92. The van der Waals surface area contributed by atoms with Crippen molar-refractivity contribution in [3.05, 3.63) is 89.5 Å². The molecule has 1 unspecified atom stereocenters. The number of allylic oxidation sites excluding steroid dienone is 1. The van der Waals surface area contributed by atoms with E-state index in [4.69, 9.17) is 0 Å². The van der Waals surface area contributed by atoms with E-state index < -0.39 is 0 Å². The molecule has 0 saturated heterocycles. The number of hydrogen-bond donors (Lipinski definition) is 0. The predicted molar refractivity (Wildman–Crippen MR) is 85.9 cm³/mol. The first-order chi connectivity index (χ1) is 9.93. The molecule has 1 aliphatic rings. The van der Waals surface area contributed by atoms with Gasteiger partial charge in [0, 0.05) is 5.92 Å². The van der Waals surface area contributed by atoms with Crippen LogP contribution in [0.4, 0.5) is 0 Å². The minimum absolute atomic E-state index is 0.487. The van der Waals surface area contributed by atoms with Gasteiger partial charge in [-0.15, -0.1) is 0 Å². The van der Waals surface area contributed by atoms with E-state index >= 15 is 0 Å². The normalized spacial score (nSPS) is 17.1. The lowest BCUT2D eigenvalue weighted by Crippen LogP contribution is -2.05. The Morgan fingerprint density at radius 2 is 1.55 bits per heavy atom. The molecule has 0 heterocycles. The Kier molecular flexibility index (Phi) is 2.67. The molecular formula is C20H16. The monoisotopic (exact) mass is 256 g/mol. The topological polar surface area (TPSA) is 0 Å². The summed E-state index contributed by atoms with van der Waals surface area (Å²) in [5.41, 5.74) is 4.26. The minimum atomic E-state index is 0.487. The molecule has 0 spiro atoms. The molecule has 0 fully saturated rings. The summed E-state index contributed by atoms with van der Waals surface area (Å²) in [6.45, 7) is 0. The van der Waals surface area contributed by atoms with E-state index in [1.54, 1.807) is 0 Å². The first-order valence-electron chi connectivity index (χ1n) is 7.16. The first-order valence-corrected chi connectivity index (χ1v) is 7.16. The van der Waals surface area contributed by atoms with Gasteiger partial charge in [-0.1, -0.05) is 78.9 Å². The zero-order valence-electron chi connectivity index (χ0n) is 11.3. The average Bonchev–Trinajstić information content (AvgIpc) is 2.55. The van der Waals surface area contributed by atoms with Gasteiger partial charge in [-0.3, -0.25) is 0 Å². The van der Waals surface area contributed by atoms with E-state index in [-0.39, 0.29) is 0 Å². The Morgan fingerprint density at radius 1 is 0.750 bits per heavy atom. The van der Waals surface area contributed by atoms with Crippen LogP contribution in [0, 0.1) is 0 Å². The van der Waals surface area contributed by atoms with Gasteiger partial charge in [-0.2, -0.15) is 0 Å². The zero-order valence-corrected chi connectivity index (χ0v) is 11.3. The Labute approximate surface area is 119 Å². The van der Waals surface area contributed by atoms with Gasteiger partial charge < -0.3 is 0 Å². The quantitative estimate of drug-likeness (QED) is 0.547. The lowest BCUT2D eigenvalue weighted by Gasteiger charge is -2.23. The summed E-state index contributed by atoms with van der Waals surface area (Å²) in [5.74, 6) is 0.487. The molecule has 20 heavy (non-hydrogen) atoms. The molecule has 0 aliphatic heterocycles. The number of hydrogen-bond acceptors (Lipinski definition) is 0. The molecule has 0 N–H and O–H groups in total. The van der Waals surface area contributed by atoms with Crippen molar-refractivity contribution >= 4 is 16.8 Å². The molecule has 4 rings (SSSR count). The largest absolute Gasteiger partial charge is 0.0830 e. The molecular weight excluding hydrogens is 240 g/mol. The van der Waals surface area contributed by atoms with Crippen molar-refractivity contribution in [2.75, 3.05) is 0 Å². The van der Waals surface area contributed by atoms with E-state index in [1.807, 2.05) is 0 Å². The number of benzene rings is 3. The van der Waals surface area contributed by atoms with Crippen LogP contribution in [0.2, 0.25) is 0 Å². The van der Waals surface area contributed by atoms with Gasteiger partial charge >= 0.3 is 0 Å². The molecule has 0 radical (unpaired) electrons. The smallest absolute Gasteiger partial charge is 0.0130 e. The van der Waals surface area contributed by atoms with Crippen molar-refractivity contribution in [2.45, 2.75) is 12.3 Å². The third-order valence-electron chi connectivity index (χ3n) is 4.24. The van der Waals surface area contributed by atoms with Gasteiger partial charge in [0.1, 0.15) is 0 Å². The van der Waals surface area contributed by atoms with E-state index in [9.17, 15) is 0 Å². The van der Waals surface area contributed by atoms with Gasteiger partial charge in [-0.25, -0.2) is 0 Å². The van der Waals surface area contributed by atoms with Crippen molar-refractivity contribution in [3.8, 4) is 0 Å². The van der Waals surface area contributed by atoms with Crippen molar-refractivity contribution < 1.29 is 0 Å². The van der Waals surface area contributed by atoms with Crippen molar-refractivity contribution in [2.24, 2.45) is 0 Å². The SMILES string of the molecule is C1=Cc2c(ccc3ccccc23)C(c2ccccc2)C1. The molecule has 96 valence electrons. The maximum absolute atomic E-state index is 2.31. The standard InChI is InChI=1S/C20H16/c1-2-7-15(8-3-1)18-11-6-12-19-17-10-5-4-9-16(17)13-14-20(18)19/h1-10,12-14,18H,11H2. The summed E-state index contributed by atoms with van der Waals surface area (Å²) in [5, 5.41) is 2.69. The Balaban J connectivity index is 1.94. The summed E-state index contributed by atoms with van der Waals surface area (Å²) < 4.78 is 0. The molecule has 0 saturated carbocycles. The maximum Gasteiger partial charge on any atom is 0.0130 e. The highest BCUT2D eigenvalue weighted by Gasteiger charge is 2.19. The summed E-state index contributed by atoms with van der Waals surface area (Å²) in [7, 11) is 0.